The van der Waals surface area contributed by atoms with E-state index in [-0.39, 0.29) is 10.8 Å². The maximum Gasteiger partial charge on any atom is 0.175 e. The van der Waals surface area contributed by atoms with E-state index in [1.165, 1.54) is 18.2 Å². The molecule has 0 spiro atoms. The molecule has 0 aliphatic rings. The lowest BCUT2D eigenvalue weighted by atomic mass is 10.2. The molecule has 0 heterocycles. The molecule has 2 rings (SSSR count). The summed E-state index contributed by atoms with van der Waals surface area (Å²) in [6.45, 7) is 1.91. The van der Waals surface area contributed by atoms with Gasteiger partial charge in [-0.25, -0.2) is 4.39 Å². The van der Waals surface area contributed by atoms with Crippen LogP contribution in [0.2, 0.25) is 10.0 Å². The van der Waals surface area contributed by atoms with E-state index in [4.69, 9.17) is 35.4 Å². The number of halogens is 3. The van der Waals surface area contributed by atoms with Crippen LogP contribution < -0.4 is 10.6 Å². The Labute approximate surface area is 131 Å². The van der Waals surface area contributed by atoms with Gasteiger partial charge in [-0.1, -0.05) is 29.3 Å². The van der Waals surface area contributed by atoms with Crippen LogP contribution >= 0.6 is 35.4 Å². The summed E-state index contributed by atoms with van der Waals surface area (Å²) in [6.07, 6.45) is 0. The molecule has 0 radical (unpaired) electrons. The molecule has 0 aromatic heterocycles. The minimum Gasteiger partial charge on any atom is -0.332 e. The SMILES string of the molecule is Cc1ccc(NC(=S)Nc2cc(Cl)ccc2F)cc1Cl. The quantitative estimate of drug-likeness (QED) is 0.736. The largest absolute Gasteiger partial charge is 0.332 e. The molecule has 0 saturated carbocycles. The Morgan fingerprint density at radius 1 is 1.10 bits per heavy atom. The summed E-state index contributed by atoms with van der Waals surface area (Å²) in [5.41, 5.74) is 1.91. The normalized spacial score (nSPS) is 10.2. The van der Waals surface area contributed by atoms with Crippen LogP contribution in [0.5, 0.6) is 0 Å². The van der Waals surface area contributed by atoms with Gasteiger partial charge in [-0.15, -0.1) is 0 Å². The number of benzene rings is 2. The van der Waals surface area contributed by atoms with Crippen molar-refractivity contribution in [3.63, 3.8) is 0 Å². The molecule has 2 N–H and O–H groups in total. The first kappa shape index (κ1) is 15.0. The average Bonchev–Trinajstić information content (AvgIpc) is 2.38. The van der Waals surface area contributed by atoms with E-state index >= 15 is 0 Å². The Morgan fingerprint density at radius 3 is 2.55 bits per heavy atom. The molecule has 6 heteroatoms. The first-order valence-electron chi connectivity index (χ1n) is 5.75. The monoisotopic (exact) mass is 328 g/mol. The highest BCUT2D eigenvalue weighted by Crippen LogP contribution is 2.22. The highest BCUT2D eigenvalue weighted by Gasteiger charge is 2.06. The van der Waals surface area contributed by atoms with Crippen molar-refractivity contribution in [3.05, 3.63) is 57.8 Å². The molecule has 2 aromatic rings. The maximum absolute atomic E-state index is 13.6. The van der Waals surface area contributed by atoms with Crippen molar-refractivity contribution in [3.8, 4) is 0 Å². The van der Waals surface area contributed by atoms with Gasteiger partial charge in [0.25, 0.3) is 0 Å². The van der Waals surface area contributed by atoms with Gasteiger partial charge in [-0.05, 0) is 55.0 Å². The molecule has 104 valence electrons. The zero-order valence-corrected chi connectivity index (χ0v) is 12.8. The summed E-state index contributed by atoms with van der Waals surface area (Å²) in [4.78, 5) is 0. The number of aryl methyl sites for hydroxylation is 1. The molecule has 0 unspecified atom stereocenters. The van der Waals surface area contributed by atoms with Crippen LogP contribution in [0.15, 0.2) is 36.4 Å². The van der Waals surface area contributed by atoms with Gasteiger partial charge in [0.15, 0.2) is 5.11 Å². The second kappa shape index (κ2) is 6.39. The topological polar surface area (TPSA) is 24.1 Å². The van der Waals surface area contributed by atoms with Crippen molar-refractivity contribution >= 4 is 51.9 Å². The van der Waals surface area contributed by atoms with Gasteiger partial charge in [-0.3, -0.25) is 0 Å². The third kappa shape index (κ3) is 3.82. The van der Waals surface area contributed by atoms with Crippen molar-refractivity contribution in [1.82, 2.24) is 0 Å². The first-order valence-corrected chi connectivity index (χ1v) is 6.91. The minimum atomic E-state index is -0.430. The standard InChI is InChI=1S/C14H11Cl2FN2S/c1-8-2-4-10(7-11(8)16)18-14(20)19-13-6-9(15)3-5-12(13)17/h2-7H,1H3,(H2,18,19,20). The fourth-order valence-corrected chi connectivity index (χ4v) is 2.13. The van der Waals surface area contributed by atoms with Gasteiger partial charge in [0.05, 0.1) is 5.69 Å². The maximum atomic E-state index is 13.6. The van der Waals surface area contributed by atoms with Crippen LogP contribution in [0, 0.1) is 12.7 Å². The third-order valence-corrected chi connectivity index (χ3v) is 3.45. The summed E-state index contributed by atoms with van der Waals surface area (Å²) in [7, 11) is 0. The highest BCUT2D eigenvalue weighted by molar-refractivity contribution is 7.80. The number of nitrogens with one attached hydrogen (secondary N) is 2. The average molecular weight is 329 g/mol. The lowest BCUT2D eigenvalue weighted by Crippen LogP contribution is -2.19. The second-order valence-corrected chi connectivity index (χ2v) is 5.42. The molecule has 2 aromatic carbocycles. The molecule has 0 aliphatic carbocycles. The van der Waals surface area contributed by atoms with Crippen molar-refractivity contribution in [2.24, 2.45) is 0 Å². The molecule has 0 atom stereocenters. The van der Waals surface area contributed by atoms with Crippen molar-refractivity contribution < 1.29 is 4.39 Å². The molecule has 0 aliphatic heterocycles. The lowest BCUT2D eigenvalue weighted by molar-refractivity contribution is 0.632. The van der Waals surface area contributed by atoms with E-state index in [2.05, 4.69) is 10.6 Å². The predicted molar refractivity (Wildman–Crippen MR) is 87.4 cm³/mol. The molecular formula is C14H11Cl2FN2S. The van der Waals surface area contributed by atoms with Crippen LogP contribution in [-0.2, 0) is 0 Å². The molecule has 0 saturated heterocycles. The number of anilines is 2. The summed E-state index contributed by atoms with van der Waals surface area (Å²) in [6, 6.07) is 9.66. The van der Waals surface area contributed by atoms with E-state index < -0.39 is 5.82 Å². The zero-order valence-electron chi connectivity index (χ0n) is 10.5. The first-order chi connectivity index (χ1) is 9.45. The Kier molecular flexibility index (Phi) is 4.81. The van der Waals surface area contributed by atoms with Gasteiger partial charge in [0.2, 0.25) is 0 Å². The van der Waals surface area contributed by atoms with Crippen LogP contribution in [-0.4, -0.2) is 5.11 Å². The Bertz CT molecular complexity index is 662. The van der Waals surface area contributed by atoms with E-state index in [0.717, 1.165) is 11.3 Å². The van der Waals surface area contributed by atoms with Crippen molar-refractivity contribution in [1.29, 1.82) is 0 Å². The van der Waals surface area contributed by atoms with E-state index in [1.807, 2.05) is 19.1 Å². The number of hydrogen-bond donors (Lipinski definition) is 2. The van der Waals surface area contributed by atoms with Gasteiger partial charge >= 0.3 is 0 Å². The molecule has 0 bridgehead atoms. The Hall–Kier alpha value is -1.36. The zero-order chi connectivity index (χ0) is 14.7. The highest BCUT2D eigenvalue weighted by atomic mass is 35.5. The third-order valence-electron chi connectivity index (χ3n) is 2.61. The Morgan fingerprint density at radius 2 is 1.85 bits per heavy atom. The van der Waals surface area contributed by atoms with E-state index in [9.17, 15) is 4.39 Å². The van der Waals surface area contributed by atoms with Gasteiger partial charge in [-0.2, -0.15) is 0 Å². The van der Waals surface area contributed by atoms with Gasteiger partial charge in [0, 0.05) is 15.7 Å². The van der Waals surface area contributed by atoms with Gasteiger partial charge < -0.3 is 10.6 Å². The van der Waals surface area contributed by atoms with E-state index in [1.54, 1.807) is 6.07 Å². The number of hydrogen-bond acceptors (Lipinski definition) is 1. The van der Waals surface area contributed by atoms with Crippen LogP contribution in [0.1, 0.15) is 5.56 Å². The minimum absolute atomic E-state index is 0.216. The smallest absolute Gasteiger partial charge is 0.175 e. The second-order valence-electron chi connectivity index (χ2n) is 4.17. The van der Waals surface area contributed by atoms with Crippen LogP contribution in [0.25, 0.3) is 0 Å². The number of thiocarbonyl (C=S) groups is 1. The summed E-state index contributed by atoms with van der Waals surface area (Å²) < 4.78 is 13.6. The molecule has 2 nitrogen and oxygen atoms in total. The van der Waals surface area contributed by atoms with Crippen molar-refractivity contribution in [2.45, 2.75) is 6.92 Å². The van der Waals surface area contributed by atoms with Crippen LogP contribution in [0.4, 0.5) is 15.8 Å². The summed E-state index contributed by atoms with van der Waals surface area (Å²) in [5.74, 6) is -0.430. The summed E-state index contributed by atoms with van der Waals surface area (Å²) in [5, 5.41) is 7.00. The summed E-state index contributed by atoms with van der Waals surface area (Å²) >= 11 is 17.0. The Balaban J connectivity index is 2.09. The molecule has 0 amide bonds. The molecular weight excluding hydrogens is 318 g/mol. The predicted octanol–water partition coefficient (Wildman–Crippen LogP) is 5.25. The van der Waals surface area contributed by atoms with Crippen molar-refractivity contribution in [2.75, 3.05) is 10.6 Å². The van der Waals surface area contributed by atoms with E-state index in [0.29, 0.717) is 10.0 Å². The number of rotatable bonds is 2. The molecule has 20 heavy (non-hydrogen) atoms. The fraction of sp³-hybridized carbons (Fsp3) is 0.0714. The lowest BCUT2D eigenvalue weighted by Gasteiger charge is -2.12. The fourth-order valence-electron chi connectivity index (χ4n) is 1.55. The van der Waals surface area contributed by atoms with Gasteiger partial charge in [0.1, 0.15) is 5.82 Å². The van der Waals surface area contributed by atoms with Crippen LogP contribution in [0.3, 0.4) is 0 Å². The molecule has 0 fully saturated rings.